The van der Waals surface area contributed by atoms with E-state index in [0.717, 1.165) is 33.0 Å². The fourth-order valence-corrected chi connectivity index (χ4v) is 5.62. The molecule has 0 fully saturated rings. The van der Waals surface area contributed by atoms with Gasteiger partial charge in [-0.15, -0.1) is 0 Å². The second-order valence-corrected chi connectivity index (χ2v) is 9.97. The van der Waals surface area contributed by atoms with Crippen molar-refractivity contribution >= 4 is 32.3 Å². The zero-order chi connectivity index (χ0) is 39.2. The summed E-state index contributed by atoms with van der Waals surface area (Å²) < 4.78 is 114. The number of benzene rings is 8. The second-order valence-electron chi connectivity index (χ2n) is 9.97. The summed E-state index contributed by atoms with van der Waals surface area (Å²) in [6.45, 7) is 0. The van der Waals surface area contributed by atoms with Gasteiger partial charge in [-0.2, -0.15) is 0 Å². The topological polar surface area (TPSA) is 0 Å². The number of hydrogen-bond acceptors (Lipinski definition) is 0. The highest BCUT2D eigenvalue weighted by Gasteiger charge is 2.16. The number of hydrogen-bond donors (Lipinski definition) is 0. The maximum Gasteiger partial charge on any atom is 0.0629 e. The molecule has 8 aromatic rings. The van der Waals surface area contributed by atoms with Gasteiger partial charge in [0, 0.05) is 0 Å². The molecule has 42 heavy (non-hydrogen) atoms. The average molecular weight is 546 g/mol. The zero-order valence-corrected chi connectivity index (χ0v) is 22.2. The molecule has 196 valence electrons. The van der Waals surface area contributed by atoms with Gasteiger partial charge >= 0.3 is 0 Å². The maximum atomic E-state index is 9.15. The summed E-state index contributed by atoms with van der Waals surface area (Å²) in [5.41, 5.74) is 3.49. The minimum Gasteiger partial charge on any atom is -0.0622 e. The first kappa shape index (κ1) is 14.4. The van der Waals surface area contributed by atoms with Crippen LogP contribution in [0.1, 0.15) is 17.8 Å². The van der Waals surface area contributed by atoms with E-state index in [9.17, 15) is 0 Å². The Morgan fingerprint density at radius 2 is 0.786 bits per heavy atom. The standard InChI is InChI=1S/C42H28/c1-2-12-31(13-3-1)41-37-17-6-8-19-39(37)42(40-20-9-7-18-38(40)41)32-24-21-30(22-25-32)34-15-10-16-35(27-34)36-26-23-29-11-4-5-14-33(29)28-36/h1-28H/i1D,2D,3D,6D,7D,8D,9D,12D,13D,17D,18D,19D,20D. The van der Waals surface area contributed by atoms with Crippen LogP contribution in [-0.2, 0) is 0 Å². The second kappa shape index (κ2) is 10.2. The van der Waals surface area contributed by atoms with E-state index in [1.807, 2.05) is 42.5 Å². The molecule has 0 N–H and O–H groups in total. The first-order chi connectivity index (χ1) is 26.2. The van der Waals surface area contributed by atoms with Crippen LogP contribution in [0.25, 0.3) is 76.8 Å². The van der Waals surface area contributed by atoms with Crippen molar-refractivity contribution in [3.63, 3.8) is 0 Å². The number of rotatable bonds is 4. The van der Waals surface area contributed by atoms with Gasteiger partial charge in [0.2, 0.25) is 0 Å². The first-order valence-corrected chi connectivity index (χ1v) is 13.5. The highest BCUT2D eigenvalue weighted by molar-refractivity contribution is 6.21. The van der Waals surface area contributed by atoms with E-state index >= 15 is 0 Å². The highest BCUT2D eigenvalue weighted by atomic mass is 14.2. The molecule has 8 rings (SSSR count). The van der Waals surface area contributed by atoms with E-state index in [-0.39, 0.29) is 32.7 Å². The molecular weight excluding hydrogens is 504 g/mol. The van der Waals surface area contributed by atoms with Gasteiger partial charge in [-0.1, -0.05) is 157 Å². The fourth-order valence-electron chi connectivity index (χ4n) is 5.62. The van der Waals surface area contributed by atoms with E-state index in [2.05, 4.69) is 36.4 Å². The molecule has 0 nitrogen and oxygen atoms in total. The van der Waals surface area contributed by atoms with E-state index in [4.69, 9.17) is 17.8 Å². The maximum absolute atomic E-state index is 9.15. The molecule has 0 aromatic heterocycles. The Balaban J connectivity index is 1.44. The lowest BCUT2D eigenvalue weighted by Crippen LogP contribution is -1.90. The predicted octanol–water partition coefficient (Wildman–Crippen LogP) is 11.8. The van der Waals surface area contributed by atoms with Crippen LogP contribution in [0.2, 0.25) is 0 Å². The number of fused-ring (bicyclic) bond motifs is 3. The van der Waals surface area contributed by atoms with Gasteiger partial charge < -0.3 is 0 Å². The van der Waals surface area contributed by atoms with Crippen LogP contribution in [-0.4, -0.2) is 0 Å². The average Bonchev–Trinajstić information content (AvgIpc) is 3.21. The Kier molecular flexibility index (Phi) is 3.50. The molecule has 0 aliphatic rings. The summed E-state index contributed by atoms with van der Waals surface area (Å²) in [5.74, 6) is 0. The minimum absolute atomic E-state index is 0.0941. The first-order valence-electron chi connectivity index (χ1n) is 20.0. The largest absolute Gasteiger partial charge is 0.0629 e. The minimum atomic E-state index is -0.705. The lowest BCUT2D eigenvalue weighted by Gasteiger charge is -2.18. The van der Waals surface area contributed by atoms with Crippen molar-refractivity contribution in [3.05, 3.63) is 170 Å². The van der Waals surface area contributed by atoms with Crippen LogP contribution >= 0.6 is 0 Å². The molecule has 0 heterocycles. The molecule has 0 spiro atoms. The predicted molar refractivity (Wildman–Crippen MR) is 181 cm³/mol. The lowest BCUT2D eigenvalue weighted by atomic mass is 9.85. The van der Waals surface area contributed by atoms with Gasteiger partial charge in [-0.25, -0.2) is 0 Å². The van der Waals surface area contributed by atoms with Crippen molar-refractivity contribution in [1.82, 2.24) is 0 Å². The molecule has 0 saturated carbocycles. The van der Waals surface area contributed by atoms with Crippen LogP contribution in [0.3, 0.4) is 0 Å². The molecule has 0 aliphatic heterocycles. The molecule has 8 aromatic carbocycles. The summed E-state index contributed by atoms with van der Waals surface area (Å²) in [4.78, 5) is 0. The van der Waals surface area contributed by atoms with E-state index < -0.39 is 84.1 Å². The van der Waals surface area contributed by atoms with Crippen molar-refractivity contribution in [2.75, 3.05) is 0 Å². The van der Waals surface area contributed by atoms with Gasteiger partial charge in [0.25, 0.3) is 0 Å². The Hall–Kier alpha value is -5.46. The molecule has 0 aliphatic carbocycles. The van der Waals surface area contributed by atoms with Gasteiger partial charge in [0.1, 0.15) is 0 Å². The van der Waals surface area contributed by atoms with Crippen LogP contribution in [0, 0.1) is 0 Å². The fraction of sp³-hybridized carbons (Fsp3) is 0. The summed E-state index contributed by atoms with van der Waals surface area (Å²) in [6.07, 6.45) is 0. The van der Waals surface area contributed by atoms with E-state index in [1.54, 1.807) is 12.1 Å². The SMILES string of the molecule is [2H]c1c([2H])c([2H])c(-c2c3c([2H])c([2H])c([2H])c([2H])c3c(-c3ccc(-c4cccc(-c5ccc6ccccc6c5)c4)cc3)c3c([2H])c([2H])c([2H])c([2H])c23)c([2H])c1[2H]. The Morgan fingerprint density at radius 3 is 1.43 bits per heavy atom. The van der Waals surface area contributed by atoms with E-state index in [0.29, 0.717) is 5.56 Å². The third-order valence-electron chi connectivity index (χ3n) is 7.58. The lowest BCUT2D eigenvalue weighted by molar-refractivity contribution is 1.59. The molecule has 0 saturated heterocycles. The molecular formula is C42H28. The molecule has 0 heteroatoms. The third kappa shape index (κ3) is 4.17. The highest BCUT2D eigenvalue weighted by Crippen LogP contribution is 2.43. The Labute approximate surface area is 264 Å². The molecule has 0 unspecified atom stereocenters. The summed E-state index contributed by atoms with van der Waals surface area (Å²) in [5, 5.41) is 1.55. The van der Waals surface area contributed by atoms with Crippen LogP contribution < -0.4 is 0 Å². The van der Waals surface area contributed by atoms with Crippen molar-refractivity contribution in [3.8, 4) is 44.5 Å². The van der Waals surface area contributed by atoms with Crippen LogP contribution in [0.4, 0.5) is 0 Å². The summed E-state index contributed by atoms with van der Waals surface area (Å²) >= 11 is 0. The Bertz CT molecular complexity index is 2840. The van der Waals surface area contributed by atoms with Gasteiger partial charge in [-0.05, 0) is 89.0 Å². The van der Waals surface area contributed by atoms with Crippen LogP contribution in [0.15, 0.2) is 170 Å². The Morgan fingerprint density at radius 1 is 0.310 bits per heavy atom. The monoisotopic (exact) mass is 545 g/mol. The van der Waals surface area contributed by atoms with E-state index in [1.165, 1.54) is 0 Å². The zero-order valence-electron chi connectivity index (χ0n) is 35.2. The van der Waals surface area contributed by atoms with Gasteiger partial charge in [0.15, 0.2) is 0 Å². The van der Waals surface area contributed by atoms with Crippen LogP contribution in [0.5, 0.6) is 0 Å². The van der Waals surface area contributed by atoms with Crippen molar-refractivity contribution in [2.24, 2.45) is 0 Å². The molecule has 0 atom stereocenters. The summed E-state index contributed by atoms with van der Waals surface area (Å²) in [7, 11) is 0. The smallest absolute Gasteiger partial charge is 0.0622 e. The normalized spacial score (nSPS) is 15.7. The van der Waals surface area contributed by atoms with Crippen molar-refractivity contribution < 1.29 is 17.8 Å². The summed E-state index contributed by atoms with van der Waals surface area (Å²) in [6, 6.07) is 21.3. The van der Waals surface area contributed by atoms with Crippen molar-refractivity contribution in [1.29, 1.82) is 0 Å². The van der Waals surface area contributed by atoms with Gasteiger partial charge in [-0.3, -0.25) is 0 Å². The molecule has 0 radical (unpaired) electrons. The molecule has 0 amide bonds. The third-order valence-corrected chi connectivity index (χ3v) is 7.58. The molecule has 0 bridgehead atoms. The quantitative estimate of drug-likeness (QED) is 0.193. The van der Waals surface area contributed by atoms with Crippen molar-refractivity contribution in [2.45, 2.75) is 0 Å². The van der Waals surface area contributed by atoms with Gasteiger partial charge in [0.05, 0.1) is 17.8 Å².